The van der Waals surface area contributed by atoms with E-state index in [0.717, 1.165) is 29.7 Å². The van der Waals surface area contributed by atoms with Gasteiger partial charge in [0.05, 0.1) is 23.8 Å². The molecule has 1 saturated heterocycles. The Kier molecular flexibility index (Phi) is 5.87. The zero-order chi connectivity index (χ0) is 20.3. The van der Waals surface area contributed by atoms with Crippen LogP contribution in [0.25, 0.3) is 0 Å². The highest BCUT2D eigenvalue weighted by molar-refractivity contribution is 7.92. The molecule has 0 N–H and O–H groups in total. The smallest absolute Gasteiger partial charge is 0.264 e. The summed E-state index contributed by atoms with van der Waals surface area (Å²) in [5, 5.41) is 0. The predicted octanol–water partition coefficient (Wildman–Crippen LogP) is 2.62. The minimum absolute atomic E-state index is 0.120. The maximum absolute atomic E-state index is 13.2. The lowest BCUT2D eigenvalue weighted by molar-refractivity contribution is -0.135. The number of morpholine rings is 1. The number of carbonyl (C=O) groups excluding carboxylic acids is 1. The molecule has 0 aliphatic carbocycles. The van der Waals surface area contributed by atoms with E-state index in [1.54, 1.807) is 12.1 Å². The maximum Gasteiger partial charge on any atom is 0.264 e. The Hall–Kier alpha value is -2.38. The number of nitrogens with zero attached hydrogens (tertiary/aromatic N) is 2. The fraction of sp³-hybridized carbons (Fsp3) is 0.409. The Labute approximate surface area is 172 Å². The van der Waals surface area contributed by atoms with Gasteiger partial charge in [-0.15, -0.1) is 0 Å². The maximum atomic E-state index is 13.2. The monoisotopic (exact) mass is 414 g/mol. The molecule has 0 spiro atoms. The number of hydrogen-bond acceptors (Lipinski definition) is 4. The van der Waals surface area contributed by atoms with Gasteiger partial charge < -0.3 is 9.64 Å². The second-order valence-electron chi connectivity index (χ2n) is 7.45. The standard InChI is InChI=1S/C22H26N2O4S/c25-22(23-14-16-28-17-15-23)12-9-18-7-10-20(11-8-18)29(26,27)24-13-3-5-19-4-1-2-6-21(19)24/h1-2,4,6-8,10-11H,3,5,9,12-17H2. The molecule has 6 nitrogen and oxygen atoms in total. The van der Waals surface area contributed by atoms with Crippen LogP contribution in [0.4, 0.5) is 5.69 Å². The molecule has 29 heavy (non-hydrogen) atoms. The minimum atomic E-state index is -3.60. The summed E-state index contributed by atoms with van der Waals surface area (Å²) in [7, 11) is -3.60. The third-order valence-electron chi connectivity index (χ3n) is 5.57. The molecule has 154 valence electrons. The molecule has 0 bridgehead atoms. The largest absolute Gasteiger partial charge is 0.378 e. The van der Waals surface area contributed by atoms with Crippen LogP contribution in [0.1, 0.15) is 24.0 Å². The van der Waals surface area contributed by atoms with Crippen molar-refractivity contribution in [1.82, 2.24) is 4.90 Å². The first-order chi connectivity index (χ1) is 14.1. The summed E-state index contributed by atoms with van der Waals surface area (Å²) in [5.74, 6) is 0.120. The van der Waals surface area contributed by atoms with E-state index in [4.69, 9.17) is 4.74 Å². The van der Waals surface area contributed by atoms with Crippen molar-refractivity contribution < 1.29 is 17.9 Å². The van der Waals surface area contributed by atoms with E-state index in [0.29, 0.717) is 45.7 Å². The number of aryl methyl sites for hydroxylation is 2. The van der Waals surface area contributed by atoms with Crippen LogP contribution >= 0.6 is 0 Å². The van der Waals surface area contributed by atoms with Crippen LogP contribution < -0.4 is 4.31 Å². The van der Waals surface area contributed by atoms with Crippen molar-refractivity contribution in [1.29, 1.82) is 0 Å². The number of rotatable bonds is 5. The van der Waals surface area contributed by atoms with Crippen molar-refractivity contribution >= 4 is 21.6 Å². The second kappa shape index (κ2) is 8.55. The molecular formula is C22H26N2O4S. The van der Waals surface area contributed by atoms with Crippen LogP contribution in [0.2, 0.25) is 0 Å². The van der Waals surface area contributed by atoms with E-state index in [1.165, 1.54) is 4.31 Å². The Balaban J connectivity index is 1.44. The molecule has 0 unspecified atom stereocenters. The Morgan fingerprint density at radius 1 is 0.966 bits per heavy atom. The second-order valence-corrected chi connectivity index (χ2v) is 9.31. The highest BCUT2D eigenvalue weighted by Gasteiger charge is 2.28. The molecule has 2 aromatic carbocycles. The number of sulfonamides is 1. The number of para-hydroxylation sites is 1. The molecule has 2 aliphatic heterocycles. The Morgan fingerprint density at radius 3 is 2.45 bits per heavy atom. The third kappa shape index (κ3) is 4.31. The molecule has 0 saturated carbocycles. The predicted molar refractivity (Wildman–Crippen MR) is 111 cm³/mol. The molecule has 1 fully saturated rings. The normalized spacial score (nSPS) is 17.1. The van der Waals surface area contributed by atoms with E-state index >= 15 is 0 Å². The fourth-order valence-corrected chi connectivity index (χ4v) is 5.47. The van der Waals surface area contributed by atoms with Gasteiger partial charge in [-0.1, -0.05) is 30.3 Å². The van der Waals surface area contributed by atoms with Gasteiger partial charge in [0.2, 0.25) is 5.91 Å². The lowest BCUT2D eigenvalue weighted by atomic mass is 10.0. The molecule has 7 heteroatoms. The van der Waals surface area contributed by atoms with Gasteiger partial charge in [-0.05, 0) is 48.6 Å². The first-order valence-corrected chi connectivity index (χ1v) is 11.5. The molecule has 0 atom stereocenters. The van der Waals surface area contributed by atoms with Crippen molar-refractivity contribution in [2.75, 3.05) is 37.2 Å². The molecule has 4 rings (SSSR count). The first kappa shape index (κ1) is 19.9. The van der Waals surface area contributed by atoms with Crippen LogP contribution in [0.5, 0.6) is 0 Å². The topological polar surface area (TPSA) is 66.9 Å². The molecule has 0 aromatic heterocycles. The average Bonchev–Trinajstić information content (AvgIpc) is 2.78. The SMILES string of the molecule is O=C(CCc1ccc(S(=O)(=O)N2CCCc3ccccc32)cc1)N1CCOCC1. The lowest BCUT2D eigenvalue weighted by Crippen LogP contribution is -2.40. The van der Waals surface area contributed by atoms with E-state index < -0.39 is 10.0 Å². The van der Waals surface area contributed by atoms with Crippen LogP contribution in [0.3, 0.4) is 0 Å². The zero-order valence-corrected chi connectivity index (χ0v) is 17.2. The van der Waals surface area contributed by atoms with Gasteiger partial charge in [0, 0.05) is 26.1 Å². The molecule has 0 radical (unpaired) electrons. The molecule has 1 amide bonds. The van der Waals surface area contributed by atoms with Crippen molar-refractivity contribution in [3.63, 3.8) is 0 Å². The summed E-state index contributed by atoms with van der Waals surface area (Å²) in [4.78, 5) is 14.4. The number of carbonyl (C=O) groups is 1. The number of amides is 1. The van der Waals surface area contributed by atoms with Crippen molar-refractivity contribution in [3.8, 4) is 0 Å². The summed E-state index contributed by atoms with van der Waals surface area (Å²) in [6.45, 7) is 2.98. The van der Waals surface area contributed by atoms with E-state index in [9.17, 15) is 13.2 Å². The fourth-order valence-electron chi connectivity index (χ4n) is 3.93. The highest BCUT2D eigenvalue weighted by Crippen LogP contribution is 2.31. The van der Waals surface area contributed by atoms with Crippen LogP contribution in [0.15, 0.2) is 53.4 Å². The van der Waals surface area contributed by atoms with Crippen LogP contribution in [0, 0.1) is 0 Å². The van der Waals surface area contributed by atoms with Gasteiger partial charge in [0.25, 0.3) is 10.0 Å². The Bertz CT molecular complexity index is 967. The average molecular weight is 415 g/mol. The number of fused-ring (bicyclic) bond motifs is 1. The van der Waals surface area contributed by atoms with Crippen molar-refractivity contribution in [3.05, 3.63) is 59.7 Å². The number of anilines is 1. The van der Waals surface area contributed by atoms with Crippen LogP contribution in [-0.4, -0.2) is 52.1 Å². The third-order valence-corrected chi connectivity index (χ3v) is 7.40. The quantitative estimate of drug-likeness (QED) is 0.754. The van der Waals surface area contributed by atoms with E-state index in [2.05, 4.69) is 0 Å². The van der Waals surface area contributed by atoms with Gasteiger partial charge >= 0.3 is 0 Å². The van der Waals surface area contributed by atoms with E-state index in [1.807, 2.05) is 41.3 Å². The summed E-state index contributed by atoms with van der Waals surface area (Å²) >= 11 is 0. The minimum Gasteiger partial charge on any atom is -0.378 e. The van der Waals surface area contributed by atoms with Crippen molar-refractivity contribution in [2.24, 2.45) is 0 Å². The summed E-state index contributed by atoms with van der Waals surface area (Å²) in [6.07, 6.45) is 2.74. The zero-order valence-electron chi connectivity index (χ0n) is 16.4. The van der Waals surface area contributed by atoms with Crippen LogP contribution in [-0.2, 0) is 32.4 Å². The number of ether oxygens (including phenoxy) is 1. The molecule has 2 aliphatic rings. The molecular weight excluding hydrogens is 388 g/mol. The van der Waals surface area contributed by atoms with Gasteiger partial charge in [0.1, 0.15) is 0 Å². The number of hydrogen-bond donors (Lipinski definition) is 0. The summed E-state index contributed by atoms with van der Waals surface area (Å²) in [5.41, 5.74) is 2.81. The molecule has 2 heterocycles. The molecule has 2 aromatic rings. The summed E-state index contributed by atoms with van der Waals surface area (Å²) in [6, 6.07) is 14.6. The Morgan fingerprint density at radius 2 is 1.69 bits per heavy atom. The number of benzene rings is 2. The van der Waals surface area contributed by atoms with Gasteiger partial charge in [-0.3, -0.25) is 9.10 Å². The van der Waals surface area contributed by atoms with Gasteiger partial charge in [-0.25, -0.2) is 8.42 Å². The van der Waals surface area contributed by atoms with Gasteiger partial charge in [0.15, 0.2) is 0 Å². The first-order valence-electron chi connectivity index (χ1n) is 10.1. The van der Waals surface area contributed by atoms with Gasteiger partial charge in [-0.2, -0.15) is 0 Å². The van der Waals surface area contributed by atoms with Crippen molar-refractivity contribution in [2.45, 2.75) is 30.6 Å². The summed E-state index contributed by atoms with van der Waals surface area (Å²) < 4.78 is 33.2. The van der Waals surface area contributed by atoms with E-state index in [-0.39, 0.29) is 10.8 Å². The lowest BCUT2D eigenvalue weighted by Gasteiger charge is -2.30. The highest BCUT2D eigenvalue weighted by atomic mass is 32.2.